The summed E-state index contributed by atoms with van der Waals surface area (Å²) in [5.41, 5.74) is 0. The summed E-state index contributed by atoms with van der Waals surface area (Å²) in [5, 5.41) is 2.80. The highest BCUT2D eigenvalue weighted by atomic mass is 19.1. The van der Waals surface area contributed by atoms with Crippen LogP contribution in [0.25, 0.3) is 0 Å². The van der Waals surface area contributed by atoms with Gasteiger partial charge in [0, 0.05) is 6.61 Å². The molecule has 4 nitrogen and oxygen atoms in total. The van der Waals surface area contributed by atoms with E-state index in [1.54, 1.807) is 12.1 Å². The first-order chi connectivity index (χ1) is 9.16. The molecule has 0 spiro atoms. The van der Waals surface area contributed by atoms with Crippen molar-refractivity contribution < 1.29 is 18.7 Å². The number of hydrogen-bond donors (Lipinski definition) is 1. The summed E-state index contributed by atoms with van der Waals surface area (Å²) in [6.07, 6.45) is 2.05. The predicted molar refractivity (Wildman–Crippen MR) is 68.5 cm³/mol. The molecule has 2 atom stereocenters. The summed E-state index contributed by atoms with van der Waals surface area (Å²) in [6, 6.07) is 5.96. The van der Waals surface area contributed by atoms with Crippen molar-refractivity contribution in [2.45, 2.75) is 31.9 Å². The Morgan fingerprint density at radius 1 is 1.58 bits per heavy atom. The molecular weight excluding hydrogens is 249 g/mol. The van der Waals surface area contributed by atoms with Crippen molar-refractivity contribution in [2.24, 2.45) is 0 Å². The largest absolute Gasteiger partial charge is 0.481 e. The summed E-state index contributed by atoms with van der Waals surface area (Å²) in [5.74, 6) is -0.656. The van der Waals surface area contributed by atoms with Crippen molar-refractivity contribution >= 4 is 5.91 Å². The van der Waals surface area contributed by atoms with E-state index in [1.165, 1.54) is 12.1 Å². The number of nitrogens with one attached hydrogen (secondary N) is 1. The Balaban J connectivity index is 1.77. The monoisotopic (exact) mass is 267 g/mol. The van der Waals surface area contributed by atoms with Gasteiger partial charge in [-0.05, 0) is 31.9 Å². The third kappa shape index (κ3) is 3.92. The number of para-hydroxylation sites is 1. The summed E-state index contributed by atoms with van der Waals surface area (Å²) >= 11 is 0. The highest BCUT2D eigenvalue weighted by Gasteiger charge is 2.23. The molecule has 0 radical (unpaired) electrons. The van der Waals surface area contributed by atoms with Crippen LogP contribution in [0.3, 0.4) is 0 Å². The molecule has 5 heteroatoms. The second kappa shape index (κ2) is 6.52. The standard InChI is InChI=1S/C14H18FNO3/c1-10(12-7-4-8-18-12)16-14(17)9-19-13-6-3-2-5-11(13)15/h2-3,5-6,10,12H,4,7-9H2,1H3,(H,16,17)/t10-,12+/m1/s1. The fraction of sp³-hybridized carbons (Fsp3) is 0.500. The molecule has 1 fully saturated rings. The lowest BCUT2D eigenvalue weighted by molar-refractivity contribution is -0.124. The van der Waals surface area contributed by atoms with E-state index >= 15 is 0 Å². The molecule has 104 valence electrons. The minimum atomic E-state index is -0.470. The minimum Gasteiger partial charge on any atom is -0.481 e. The van der Waals surface area contributed by atoms with Gasteiger partial charge in [-0.1, -0.05) is 12.1 Å². The Kier molecular flexibility index (Phi) is 4.74. The first kappa shape index (κ1) is 13.8. The van der Waals surface area contributed by atoms with Crippen LogP contribution in [0.15, 0.2) is 24.3 Å². The van der Waals surface area contributed by atoms with E-state index < -0.39 is 5.82 Å². The lowest BCUT2D eigenvalue weighted by Crippen LogP contribution is -2.42. The average Bonchev–Trinajstić information content (AvgIpc) is 2.91. The number of benzene rings is 1. The number of amides is 1. The molecule has 0 aliphatic carbocycles. The first-order valence-corrected chi connectivity index (χ1v) is 6.45. The van der Waals surface area contributed by atoms with Crippen LogP contribution in [0.2, 0.25) is 0 Å². The lowest BCUT2D eigenvalue weighted by atomic mass is 10.1. The topological polar surface area (TPSA) is 47.6 Å². The second-order valence-electron chi connectivity index (χ2n) is 4.63. The molecule has 0 saturated carbocycles. The zero-order valence-electron chi connectivity index (χ0n) is 10.9. The van der Waals surface area contributed by atoms with Crippen LogP contribution in [0, 0.1) is 5.82 Å². The number of ether oxygens (including phenoxy) is 2. The van der Waals surface area contributed by atoms with Crippen molar-refractivity contribution in [3.8, 4) is 5.75 Å². The molecule has 0 aromatic heterocycles. The number of rotatable bonds is 5. The van der Waals surface area contributed by atoms with Crippen LogP contribution in [0.4, 0.5) is 4.39 Å². The molecular formula is C14H18FNO3. The summed E-state index contributed by atoms with van der Waals surface area (Å²) < 4.78 is 23.9. The van der Waals surface area contributed by atoms with Gasteiger partial charge in [-0.25, -0.2) is 4.39 Å². The van der Waals surface area contributed by atoms with E-state index in [0.29, 0.717) is 0 Å². The molecule has 1 aliphatic heterocycles. The molecule has 1 amide bonds. The van der Waals surface area contributed by atoms with Crippen LogP contribution >= 0.6 is 0 Å². The maximum absolute atomic E-state index is 13.3. The smallest absolute Gasteiger partial charge is 0.258 e. The van der Waals surface area contributed by atoms with Gasteiger partial charge in [-0.2, -0.15) is 0 Å². The summed E-state index contributed by atoms with van der Waals surface area (Å²) in [7, 11) is 0. The quantitative estimate of drug-likeness (QED) is 0.886. The Morgan fingerprint density at radius 2 is 2.37 bits per heavy atom. The maximum Gasteiger partial charge on any atom is 0.258 e. The fourth-order valence-corrected chi connectivity index (χ4v) is 2.09. The molecule has 19 heavy (non-hydrogen) atoms. The average molecular weight is 267 g/mol. The zero-order valence-corrected chi connectivity index (χ0v) is 10.9. The summed E-state index contributed by atoms with van der Waals surface area (Å²) in [4.78, 5) is 11.7. The molecule has 2 rings (SSSR count). The Hall–Kier alpha value is -1.62. The molecule has 1 heterocycles. The number of halogens is 1. The van der Waals surface area contributed by atoms with E-state index in [4.69, 9.17) is 9.47 Å². The third-order valence-corrected chi connectivity index (χ3v) is 3.11. The predicted octanol–water partition coefficient (Wildman–Crippen LogP) is 1.89. The molecule has 0 unspecified atom stereocenters. The number of carbonyl (C=O) groups excluding carboxylic acids is 1. The molecule has 1 aromatic carbocycles. The Labute approximate surface area is 111 Å². The van der Waals surface area contributed by atoms with E-state index in [1.807, 2.05) is 6.92 Å². The van der Waals surface area contributed by atoms with Crippen LogP contribution in [0.1, 0.15) is 19.8 Å². The van der Waals surface area contributed by atoms with Gasteiger partial charge < -0.3 is 14.8 Å². The first-order valence-electron chi connectivity index (χ1n) is 6.45. The Morgan fingerprint density at radius 3 is 3.05 bits per heavy atom. The molecule has 1 saturated heterocycles. The molecule has 1 aromatic rings. The second-order valence-corrected chi connectivity index (χ2v) is 4.63. The molecule has 1 N–H and O–H groups in total. The van der Waals surface area contributed by atoms with Gasteiger partial charge in [-0.15, -0.1) is 0 Å². The SMILES string of the molecule is C[C@@H](NC(=O)COc1ccccc1F)[C@@H]1CCCO1. The normalized spacial score (nSPS) is 20.0. The van der Waals surface area contributed by atoms with Gasteiger partial charge in [0.15, 0.2) is 18.2 Å². The highest BCUT2D eigenvalue weighted by Crippen LogP contribution is 2.16. The van der Waals surface area contributed by atoms with E-state index in [2.05, 4.69) is 5.32 Å². The number of carbonyl (C=O) groups is 1. The van der Waals surface area contributed by atoms with E-state index in [0.717, 1.165) is 19.4 Å². The van der Waals surface area contributed by atoms with E-state index in [-0.39, 0.29) is 30.4 Å². The molecule has 1 aliphatic rings. The molecule has 0 bridgehead atoms. The fourth-order valence-electron chi connectivity index (χ4n) is 2.09. The van der Waals surface area contributed by atoms with Crippen molar-refractivity contribution in [2.75, 3.05) is 13.2 Å². The third-order valence-electron chi connectivity index (χ3n) is 3.11. The zero-order chi connectivity index (χ0) is 13.7. The van der Waals surface area contributed by atoms with Gasteiger partial charge >= 0.3 is 0 Å². The van der Waals surface area contributed by atoms with Gasteiger partial charge in [-0.3, -0.25) is 4.79 Å². The van der Waals surface area contributed by atoms with Crippen LogP contribution in [-0.2, 0) is 9.53 Å². The minimum absolute atomic E-state index is 0.0563. The Bertz CT molecular complexity index is 432. The van der Waals surface area contributed by atoms with Gasteiger partial charge in [0.2, 0.25) is 0 Å². The highest BCUT2D eigenvalue weighted by molar-refractivity contribution is 5.77. The van der Waals surface area contributed by atoms with E-state index in [9.17, 15) is 9.18 Å². The van der Waals surface area contributed by atoms with Gasteiger partial charge in [0.1, 0.15) is 0 Å². The van der Waals surface area contributed by atoms with Gasteiger partial charge in [0.05, 0.1) is 12.1 Å². The van der Waals surface area contributed by atoms with Crippen molar-refractivity contribution in [3.63, 3.8) is 0 Å². The van der Waals surface area contributed by atoms with Gasteiger partial charge in [0.25, 0.3) is 5.91 Å². The van der Waals surface area contributed by atoms with Crippen LogP contribution in [0.5, 0.6) is 5.75 Å². The van der Waals surface area contributed by atoms with Crippen molar-refractivity contribution in [1.82, 2.24) is 5.32 Å². The number of hydrogen-bond acceptors (Lipinski definition) is 3. The van der Waals surface area contributed by atoms with Crippen molar-refractivity contribution in [1.29, 1.82) is 0 Å². The maximum atomic E-state index is 13.3. The van der Waals surface area contributed by atoms with Crippen LogP contribution in [-0.4, -0.2) is 31.3 Å². The summed E-state index contributed by atoms with van der Waals surface area (Å²) in [6.45, 7) is 2.45. The lowest BCUT2D eigenvalue weighted by Gasteiger charge is -2.20. The van der Waals surface area contributed by atoms with Crippen molar-refractivity contribution in [3.05, 3.63) is 30.1 Å². The van der Waals surface area contributed by atoms with Crippen LogP contribution < -0.4 is 10.1 Å².